The van der Waals surface area contributed by atoms with Gasteiger partial charge in [-0.2, -0.15) is 21.0 Å². The molecule has 0 bridgehead atoms. The molecule has 0 aliphatic rings. The van der Waals surface area contributed by atoms with Crippen LogP contribution in [0.2, 0.25) is 0 Å². The third-order valence-corrected chi connectivity index (χ3v) is 12.4. The average molecular weight is 879 g/mol. The first-order valence-electron chi connectivity index (χ1n) is 22.2. The van der Waals surface area contributed by atoms with E-state index < -0.39 is 0 Å². The van der Waals surface area contributed by atoms with Gasteiger partial charge >= 0.3 is 0 Å². The van der Waals surface area contributed by atoms with E-state index in [0.717, 1.165) is 88.7 Å². The summed E-state index contributed by atoms with van der Waals surface area (Å²) in [5.74, 6) is 1.50. The van der Waals surface area contributed by atoms with Crippen LogP contribution in [0.15, 0.2) is 206 Å². The highest BCUT2D eigenvalue weighted by atomic mass is 15.0. The van der Waals surface area contributed by atoms with Gasteiger partial charge in [0.25, 0.3) is 0 Å². The van der Waals surface area contributed by atoms with Crippen molar-refractivity contribution in [1.29, 1.82) is 21.0 Å². The Morgan fingerprint density at radius 1 is 0.304 bits per heavy atom. The van der Waals surface area contributed by atoms with Crippen LogP contribution >= 0.6 is 0 Å². The number of nitriles is 4. The fourth-order valence-corrected chi connectivity index (χ4v) is 9.09. The van der Waals surface area contributed by atoms with Gasteiger partial charge in [0, 0.05) is 38.6 Å². The molecule has 0 atom stereocenters. The Hall–Kier alpha value is -10.3. The summed E-state index contributed by atoms with van der Waals surface area (Å²) in [6.07, 6.45) is 0. The molecule has 0 saturated carbocycles. The van der Waals surface area contributed by atoms with Gasteiger partial charge in [-0.05, 0) is 106 Å². The number of fused-ring (bicyclic) bond motifs is 3. The molecule has 0 aliphatic carbocycles. The number of aromatic nitrogens is 4. The van der Waals surface area contributed by atoms with Crippen molar-refractivity contribution >= 4 is 21.8 Å². The van der Waals surface area contributed by atoms with Crippen molar-refractivity contribution < 1.29 is 0 Å². The van der Waals surface area contributed by atoms with E-state index in [4.69, 9.17) is 15.0 Å². The minimum Gasteiger partial charge on any atom is -0.308 e. The SMILES string of the molecule is N#Cc1ccc(-c2cc(-c3nc(-c4ccccc4)nc(-c4ccccc4)n3)cc(-c3ccc(C#N)cc3)c2-n2c3ccc(-c4ccccc4C#N)cc3c3cc(-c4ccccc4C#N)ccc32)cc1. The molecule has 9 aromatic carbocycles. The molecule has 69 heavy (non-hydrogen) atoms. The average Bonchev–Trinajstić information content (AvgIpc) is 3.75. The monoisotopic (exact) mass is 878 g/mol. The Morgan fingerprint density at radius 3 is 1.09 bits per heavy atom. The highest BCUT2D eigenvalue weighted by molar-refractivity contribution is 6.13. The molecule has 8 heteroatoms. The van der Waals surface area contributed by atoms with Crippen LogP contribution in [0.3, 0.4) is 0 Å². The molecule has 0 unspecified atom stereocenters. The first-order chi connectivity index (χ1) is 34.0. The summed E-state index contributed by atoms with van der Waals surface area (Å²) in [4.78, 5) is 15.3. The Kier molecular flexibility index (Phi) is 10.6. The summed E-state index contributed by atoms with van der Waals surface area (Å²) >= 11 is 0. The van der Waals surface area contributed by atoms with Gasteiger partial charge in [0.15, 0.2) is 17.5 Å². The lowest BCUT2D eigenvalue weighted by Gasteiger charge is -2.21. The van der Waals surface area contributed by atoms with Crippen molar-refractivity contribution in [3.05, 3.63) is 229 Å². The predicted octanol–water partition coefficient (Wildman–Crippen LogP) is 14.1. The number of rotatable bonds is 8. The van der Waals surface area contributed by atoms with Crippen LogP contribution in [-0.2, 0) is 0 Å². The summed E-state index contributed by atoms with van der Waals surface area (Å²) in [5.41, 5.74) is 13.9. The maximum absolute atomic E-state index is 10.2. The first kappa shape index (κ1) is 41.5. The van der Waals surface area contributed by atoms with E-state index in [1.54, 1.807) is 0 Å². The minimum atomic E-state index is 0.461. The Morgan fingerprint density at radius 2 is 0.681 bits per heavy atom. The van der Waals surface area contributed by atoms with Crippen LogP contribution in [0.4, 0.5) is 0 Å². The van der Waals surface area contributed by atoms with Gasteiger partial charge in [0.1, 0.15) is 0 Å². The van der Waals surface area contributed by atoms with Gasteiger partial charge in [-0.3, -0.25) is 0 Å². The summed E-state index contributed by atoms with van der Waals surface area (Å²) < 4.78 is 2.27. The highest BCUT2D eigenvalue weighted by Crippen LogP contribution is 2.45. The molecule has 0 N–H and O–H groups in total. The molecule has 0 radical (unpaired) electrons. The van der Waals surface area contributed by atoms with Crippen molar-refractivity contribution in [2.24, 2.45) is 0 Å². The quantitative estimate of drug-likeness (QED) is 0.148. The summed E-state index contributed by atoms with van der Waals surface area (Å²) in [6.45, 7) is 0. The molecule has 8 nitrogen and oxygen atoms in total. The second-order valence-electron chi connectivity index (χ2n) is 16.5. The fraction of sp³-hybridized carbons (Fsp3) is 0. The maximum atomic E-state index is 10.2. The summed E-state index contributed by atoms with van der Waals surface area (Å²) in [6, 6.07) is 76.1. The minimum absolute atomic E-state index is 0.461. The lowest BCUT2D eigenvalue weighted by atomic mass is 9.91. The Balaban J connectivity index is 1.27. The van der Waals surface area contributed by atoms with Crippen molar-refractivity contribution in [2.75, 3.05) is 0 Å². The summed E-state index contributed by atoms with van der Waals surface area (Å²) in [7, 11) is 0. The number of hydrogen-bond acceptors (Lipinski definition) is 7. The van der Waals surface area contributed by atoms with Gasteiger partial charge in [-0.1, -0.05) is 133 Å². The van der Waals surface area contributed by atoms with E-state index >= 15 is 0 Å². The molecule has 0 fully saturated rings. The largest absolute Gasteiger partial charge is 0.308 e. The normalized spacial score (nSPS) is 10.8. The molecular weight excluding hydrogens is 845 g/mol. The molecule has 0 spiro atoms. The smallest absolute Gasteiger partial charge is 0.164 e. The second kappa shape index (κ2) is 17.6. The molecule has 2 heterocycles. The number of hydrogen-bond donors (Lipinski definition) is 0. The highest BCUT2D eigenvalue weighted by Gasteiger charge is 2.24. The Bertz CT molecular complexity index is 3730. The van der Waals surface area contributed by atoms with Gasteiger partial charge in [0.2, 0.25) is 0 Å². The van der Waals surface area contributed by atoms with Crippen LogP contribution in [-0.4, -0.2) is 19.5 Å². The van der Waals surface area contributed by atoms with E-state index in [0.29, 0.717) is 39.7 Å². The zero-order valence-corrected chi connectivity index (χ0v) is 36.7. The van der Waals surface area contributed by atoms with E-state index in [2.05, 4.69) is 77.4 Å². The third kappa shape index (κ3) is 7.59. The maximum Gasteiger partial charge on any atom is 0.164 e. The lowest BCUT2D eigenvalue weighted by Crippen LogP contribution is -2.04. The fourth-order valence-electron chi connectivity index (χ4n) is 9.09. The standard InChI is InChI=1S/C61H34N8/c62-35-39-19-23-41(24-20-39)52-33-49(61-67-59(43-11-3-1-4-12-43)66-60(68-61)44-13-5-2-6-14-44)34-53(42-25-21-40(36-63)22-26-42)58(52)69-56-29-27-45(50-17-9-7-15-47(50)37-64)31-54(56)55-32-46(28-30-57(55)69)51-18-10-8-16-48(51)38-65/h1-34H. The van der Waals surface area contributed by atoms with Crippen LogP contribution in [0.5, 0.6) is 0 Å². The molecule has 0 saturated heterocycles. The lowest BCUT2D eigenvalue weighted by molar-refractivity contribution is 1.07. The zero-order valence-electron chi connectivity index (χ0n) is 36.7. The predicted molar refractivity (Wildman–Crippen MR) is 271 cm³/mol. The molecule has 0 aliphatic heterocycles. The van der Waals surface area contributed by atoms with Gasteiger partial charge in [-0.25, -0.2) is 15.0 Å². The summed E-state index contributed by atoms with van der Waals surface area (Å²) in [5, 5.41) is 42.2. The van der Waals surface area contributed by atoms with Crippen LogP contribution in [0.1, 0.15) is 22.3 Å². The van der Waals surface area contributed by atoms with E-state index in [9.17, 15) is 21.0 Å². The number of benzene rings is 9. The van der Waals surface area contributed by atoms with E-state index in [1.165, 1.54) is 0 Å². The molecule has 0 amide bonds. The second-order valence-corrected chi connectivity index (χ2v) is 16.5. The molecule has 11 aromatic rings. The molecule has 11 rings (SSSR count). The van der Waals surface area contributed by atoms with Crippen LogP contribution in [0.25, 0.3) is 106 Å². The molecular formula is C61H34N8. The number of nitrogens with zero attached hydrogens (tertiary/aromatic N) is 8. The molecule has 2 aromatic heterocycles. The van der Waals surface area contributed by atoms with Gasteiger partial charge < -0.3 is 4.57 Å². The topological polar surface area (TPSA) is 139 Å². The van der Waals surface area contributed by atoms with E-state index in [-0.39, 0.29) is 0 Å². The first-order valence-corrected chi connectivity index (χ1v) is 22.2. The van der Waals surface area contributed by atoms with Crippen LogP contribution in [0, 0.1) is 45.3 Å². The molecule has 318 valence electrons. The zero-order chi connectivity index (χ0) is 46.8. The van der Waals surface area contributed by atoms with Crippen LogP contribution < -0.4 is 0 Å². The van der Waals surface area contributed by atoms with Gasteiger partial charge in [-0.15, -0.1) is 0 Å². The van der Waals surface area contributed by atoms with Crippen molar-refractivity contribution in [3.8, 4) is 109 Å². The van der Waals surface area contributed by atoms with Crippen molar-refractivity contribution in [2.45, 2.75) is 0 Å². The van der Waals surface area contributed by atoms with Crippen molar-refractivity contribution in [3.63, 3.8) is 0 Å². The van der Waals surface area contributed by atoms with Crippen molar-refractivity contribution in [1.82, 2.24) is 19.5 Å². The van der Waals surface area contributed by atoms with Gasteiger partial charge in [0.05, 0.1) is 63.3 Å². The third-order valence-electron chi connectivity index (χ3n) is 12.4. The van der Waals surface area contributed by atoms with E-state index in [1.807, 2.05) is 158 Å². The Labute approximate surface area is 397 Å².